The first-order valence-electron chi connectivity index (χ1n) is 5.39. The number of hydrogen-bond acceptors (Lipinski definition) is 3. The minimum Gasteiger partial charge on any atom is -0.378 e. The van der Waals surface area contributed by atoms with Gasteiger partial charge in [-0.3, -0.25) is 0 Å². The van der Waals surface area contributed by atoms with E-state index in [1.54, 1.807) is 7.11 Å². The quantitative estimate of drug-likeness (QED) is 0.690. The molecule has 15 heavy (non-hydrogen) atoms. The molecule has 0 unspecified atom stereocenters. The smallest absolute Gasteiger partial charge is 0.151 e. The van der Waals surface area contributed by atoms with E-state index in [9.17, 15) is 8.42 Å². The van der Waals surface area contributed by atoms with Crippen molar-refractivity contribution in [1.29, 1.82) is 0 Å². The van der Waals surface area contributed by atoms with Gasteiger partial charge in [-0.1, -0.05) is 20.8 Å². The highest BCUT2D eigenvalue weighted by molar-refractivity contribution is 7.92. The summed E-state index contributed by atoms with van der Waals surface area (Å²) < 4.78 is 28.0. The zero-order valence-electron chi connectivity index (χ0n) is 9.96. The molecular weight excluding hydrogens is 212 g/mol. The fourth-order valence-corrected chi connectivity index (χ4v) is 5.43. The average molecular weight is 232 g/mol. The first-order valence-corrected chi connectivity index (χ1v) is 7.22. The lowest BCUT2D eigenvalue weighted by Crippen LogP contribution is -2.68. The van der Waals surface area contributed by atoms with Crippen LogP contribution in [0, 0.1) is 10.8 Å². The van der Waals surface area contributed by atoms with Crippen LogP contribution in [0.4, 0.5) is 0 Å². The van der Waals surface area contributed by atoms with Gasteiger partial charge < -0.3 is 4.74 Å². The summed E-state index contributed by atoms with van der Waals surface area (Å²) in [6.45, 7) is 6.49. The topological polar surface area (TPSA) is 43.4 Å². The molecule has 1 spiro atoms. The van der Waals surface area contributed by atoms with E-state index >= 15 is 0 Å². The molecular formula is C11H20O3S. The predicted octanol–water partition coefficient (Wildman–Crippen LogP) is 1.63. The first kappa shape index (κ1) is 11.4. The Hall–Kier alpha value is -0.0900. The SMILES string of the molecule is COC1(C(C)(C)C)CC2(C1)CS(=O)(=O)C2. The Bertz CT molecular complexity index is 355. The summed E-state index contributed by atoms with van der Waals surface area (Å²) in [6.07, 6.45) is 1.80. The predicted molar refractivity (Wildman–Crippen MR) is 59.5 cm³/mol. The third-order valence-corrected chi connectivity index (χ3v) is 6.24. The van der Waals surface area contributed by atoms with Gasteiger partial charge in [-0.05, 0) is 18.3 Å². The molecule has 0 radical (unpaired) electrons. The summed E-state index contributed by atoms with van der Waals surface area (Å²) in [7, 11) is -0.968. The molecule has 0 aromatic carbocycles. The number of rotatable bonds is 1. The maximum absolute atomic E-state index is 11.2. The van der Waals surface area contributed by atoms with E-state index in [0.29, 0.717) is 11.5 Å². The molecule has 0 amide bonds. The van der Waals surface area contributed by atoms with Crippen molar-refractivity contribution in [3.63, 3.8) is 0 Å². The number of sulfone groups is 1. The van der Waals surface area contributed by atoms with Crippen LogP contribution in [0.5, 0.6) is 0 Å². The van der Waals surface area contributed by atoms with Gasteiger partial charge in [0.15, 0.2) is 9.84 Å². The van der Waals surface area contributed by atoms with Crippen LogP contribution in [0.15, 0.2) is 0 Å². The molecule has 0 N–H and O–H groups in total. The monoisotopic (exact) mass is 232 g/mol. The fraction of sp³-hybridized carbons (Fsp3) is 1.00. The van der Waals surface area contributed by atoms with Crippen molar-refractivity contribution in [2.24, 2.45) is 10.8 Å². The zero-order chi connectivity index (χ0) is 11.5. The lowest BCUT2D eigenvalue weighted by molar-refractivity contribution is -0.199. The highest BCUT2D eigenvalue weighted by Gasteiger charge is 2.66. The van der Waals surface area contributed by atoms with Gasteiger partial charge in [0, 0.05) is 12.5 Å². The molecule has 0 aromatic rings. The van der Waals surface area contributed by atoms with E-state index in [0.717, 1.165) is 12.8 Å². The van der Waals surface area contributed by atoms with Crippen molar-refractivity contribution >= 4 is 9.84 Å². The summed E-state index contributed by atoms with van der Waals surface area (Å²) in [4.78, 5) is 0. The van der Waals surface area contributed by atoms with Gasteiger partial charge in [-0.25, -0.2) is 8.42 Å². The van der Waals surface area contributed by atoms with Crippen molar-refractivity contribution in [3.05, 3.63) is 0 Å². The van der Waals surface area contributed by atoms with Crippen LogP contribution in [0.25, 0.3) is 0 Å². The molecule has 2 rings (SSSR count). The zero-order valence-corrected chi connectivity index (χ0v) is 10.8. The first-order chi connectivity index (χ1) is 6.64. The van der Waals surface area contributed by atoms with E-state index in [2.05, 4.69) is 20.8 Å². The normalized spacial score (nSPS) is 30.7. The molecule has 1 saturated heterocycles. The maximum atomic E-state index is 11.2. The molecule has 3 nitrogen and oxygen atoms in total. The second-order valence-corrected chi connectivity index (χ2v) is 8.40. The van der Waals surface area contributed by atoms with E-state index in [1.807, 2.05) is 0 Å². The molecule has 0 atom stereocenters. The molecule has 0 aromatic heterocycles. The molecule has 1 heterocycles. The number of ether oxygens (including phenoxy) is 1. The van der Waals surface area contributed by atoms with Gasteiger partial charge >= 0.3 is 0 Å². The molecule has 1 aliphatic carbocycles. The standard InChI is InChI=1S/C11H20O3S/c1-9(2,3)11(14-4)5-10(6-11)7-15(12,13)8-10/h5-8H2,1-4H3. The van der Waals surface area contributed by atoms with Crippen molar-refractivity contribution in [2.45, 2.75) is 39.2 Å². The summed E-state index contributed by atoms with van der Waals surface area (Å²) in [5.41, 5.74) is 0.0391. The Morgan fingerprint density at radius 1 is 1.13 bits per heavy atom. The Kier molecular flexibility index (Phi) is 2.11. The Morgan fingerprint density at radius 3 is 1.87 bits per heavy atom. The molecule has 88 valence electrons. The van der Waals surface area contributed by atoms with Crippen molar-refractivity contribution in [3.8, 4) is 0 Å². The van der Waals surface area contributed by atoms with Gasteiger partial charge in [-0.15, -0.1) is 0 Å². The number of hydrogen-bond donors (Lipinski definition) is 0. The molecule has 4 heteroatoms. The molecule has 2 fully saturated rings. The van der Waals surface area contributed by atoms with Crippen LogP contribution in [0.1, 0.15) is 33.6 Å². The van der Waals surface area contributed by atoms with Crippen LogP contribution in [-0.2, 0) is 14.6 Å². The Morgan fingerprint density at radius 2 is 1.60 bits per heavy atom. The van der Waals surface area contributed by atoms with Crippen molar-refractivity contribution in [2.75, 3.05) is 18.6 Å². The second kappa shape index (κ2) is 2.77. The maximum Gasteiger partial charge on any atom is 0.151 e. The van der Waals surface area contributed by atoms with Crippen LogP contribution in [-0.4, -0.2) is 32.6 Å². The lowest BCUT2D eigenvalue weighted by Gasteiger charge is -2.63. The average Bonchev–Trinajstić information content (AvgIpc) is 1.91. The third kappa shape index (κ3) is 1.53. The fourth-order valence-electron chi connectivity index (χ4n) is 3.24. The molecule has 1 saturated carbocycles. The largest absolute Gasteiger partial charge is 0.378 e. The lowest BCUT2D eigenvalue weighted by atomic mass is 9.52. The van der Waals surface area contributed by atoms with Crippen molar-refractivity contribution < 1.29 is 13.2 Å². The van der Waals surface area contributed by atoms with Gasteiger partial charge in [-0.2, -0.15) is 0 Å². The van der Waals surface area contributed by atoms with Crippen LogP contribution < -0.4 is 0 Å². The van der Waals surface area contributed by atoms with Crippen LogP contribution >= 0.6 is 0 Å². The summed E-state index contributed by atoms with van der Waals surface area (Å²) in [5, 5.41) is 0. The highest BCUT2D eigenvalue weighted by atomic mass is 32.2. The van der Waals surface area contributed by atoms with Gasteiger partial charge in [0.25, 0.3) is 0 Å². The molecule has 0 bridgehead atoms. The number of methoxy groups -OCH3 is 1. The van der Waals surface area contributed by atoms with Gasteiger partial charge in [0.05, 0.1) is 17.1 Å². The van der Waals surface area contributed by atoms with E-state index in [1.165, 1.54) is 0 Å². The summed E-state index contributed by atoms with van der Waals surface area (Å²) in [6, 6.07) is 0. The van der Waals surface area contributed by atoms with Crippen LogP contribution in [0.2, 0.25) is 0 Å². The van der Waals surface area contributed by atoms with E-state index < -0.39 is 9.84 Å². The summed E-state index contributed by atoms with van der Waals surface area (Å²) >= 11 is 0. The summed E-state index contributed by atoms with van der Waals surface area (Å²) in [5.74, 6) is 0.752. The van der Waals surface area contributed by atoms with Gasteiger partial charge in [0.1, 0.15) is 0 Å². The minimum absolute atomic E-state index is 0.0577. The van der Waals surface area contributed by atoms with Crippen molar-refractivity contribution in [1.82, 2.24) is 0 Å². The van der Waals surface area contributed by atoms with Gasteiger partial charge in [0.2, 0.25) is 0 Å². The Balaban J connectivity index is 2.09. The third-order valence-electron chi connectivity index (χ3n) is 4.13. The Labute approximate surface area is 92.1 Å². The van der Waals surface area contributed by atoms with E-state index in [4.69, 9.17) is 4.74 Å². The second-order valence-electron chi connectivity index (χ2n) is 6.33. The van der Waals surface area contributed by atoms with Crippen LogP contribution in [0.3, 0.4) is 0 Å². The molecule has 1 aliphatic heterocycles. The minimum atomic E-state index is -2.71. The van der Waals surface area contributed by atoms with E-state index in [-0.39, 0.29) is 16.4 Å². The highest BCUT2D eigenvalue weighted by Crippen LogP contribution is 2.62. The molecule has 2 aliphatic rings.